The van der Waals surface area contributed by atoms with E-state index in [0.29, 0.717) is 6.04 Å². The number of piperazine rings is 1. The van der Waals surface area contributed by atoms with Gasteiger partial charge in [0.05, 0.1) is 36.5 Å². The van der Waals surface area contributed by atoms with Crippen LogP contribution in [0.15, 0.2) is 42.5 Å². The van der Waals surface area contributed by atoms with E-state index in [9.17, 15) is 0 Å². The monoisotopic (exact) mass is 519 g/mol. The third-order valence-corrected chi connectivity index (χ3v) is 8.74. The highest BCUT2D eigenvalue weighted by Gasteiger charge is 2.33. The fourth-order valence-corrected chi connectivity index (χ4v) is 6.70. The lowest BCUT2D eigenvalue weighted by molar-refractivity contribution is 0.193. The lowest BCUT2D eigenvalue weighted by atomic mass is 9.95. The first kappa shape index (κ1) is 24.1. The zero-order valence-corrected chi connectivity index (χ0v) is 22.2. The molecular weight excluding hydrogens is 486 g/mol. The van der Waals surface area contributed by atoms with E-state index in [0.717, 1.165) is 72.6 Å². The lowest BCUT2D eigenvalue weighted by Crippen LogP contribution is -2.48. The number of para-hydroxylation sites is 1. The van der Waals surface area contributed by atoms with Gasteiger partial charge in [0.15, 0.2) is 22.5 Å². The number of nitrogens with zero attached hydrogens (tertiary/aromatic N) is 7. The number of hydrogen-bond acceptors (Lipinski definition) is 9. The smallest absolute Gasteiger partial charge is 0.186 e. The summed E-state index contributed by atoms with van der Waals surface area (Å²) < 4.78 is 14.5. The Bertz CT molecular complexity index is 1310. The standard InChI is InChI=1S/C27H33N7O2S/c1-35-22-13-12-19(18-23(22)36-2)25(26-29-30-31-34(26)20-8-4-3-5-9-20)32-14-16-33(17-15-32)27-28-21-10-6-7-11-24(21)37-27/h6-7,10-13,18,20,25H,3-5,8-9,14-17H2,1-2H3/t25-/m1/s1. The normalized spacial score (nSPS) is 18.3. The van der Waals surface area contributed by atoms with Crippen molar-refractivity contribution < 1.29 is 9.47 Å². The molecule has 0 spiro atoms. The zero-order valence-electron chi connectivity index (χ0n) is 21.4. The second-order valence-corrected chi connectivity index (χ2v) is 10.8. The predicted molar refractivity (Wildman–Crippen MR) is 145 cm³/mol. The average molecular weight is 520 g/mol. The molecule has 10 heteroatoms. The largest absolute Gasteiger partial charge is 0.493 e. The van der Waals surface area contributed by atoms with E-state index in [1.807, 2.05) is 12.1 Å². The summed E-state index contributed by atoms with van der Waals surface area (Å²) >= 11 is 1.77. The van der Waals surface area contributed by atoms with Gasteiger partial charge in [-0.3, -0.25) is 4.90 Å². The highest BCUT2D eigenvalue weighted by Crippen LogP contribution is 2.38. The van der Waals surface area contributed by atoms with E-state index >= 15 is 0 Å². The van der Waals surface area contributed by atoms with Gasteiger partial charge in [-0.1, -0.05) is 48.8 Å². The molecule has 1 aliphatic heterocycles. The highest BCUT2D eigenvalue weighted by molar-refractivity contribution is 7.22. The van der Waals surface area contributed by atoms with Gasteiger partial charge >= 0.3 is 0 Å². The van der Waals surface area contributed by atoms with Crippen LogP contribution in [0.2, 0.25) is 0 Å². The molecule has 2 aromatic heterocycles. The number of methoxy groups -OCH3 is 2. The summed E-state index contributed by atoms with van der Waals surface area (Å²) in [6, 6.07) is 14.8. The molecule has 1 atom stereocenters. The summed E-state index contributed by atoms with van der Waals surface area (Å²) in [6.45, 7) is 3.56. The van der Waals surface area contributed by atoms with Crippen molar-refractivity contribution in [2.75, 3.05) is 45.3 Å². The summed E-state index contributed by atoms with van der Waals surface area (Å²) in [5.41, 5.74) is 2.18. The maximum Gasteiger partial charge on any atom is 0.186 e. The number of tetrazole rings is 1. The first-order chi connectivity index (χ1) is 18.2. The van der Waals surface area contributed by atoms with Gasteiger partial charge in [0, 0.05) is 26.2 Å². The molecular formula is C27H33N7O2S. The van der Waals surface area contributed by atoms with Crippen molar-refractivity contribution in [3.63, 3.8) is 0 Å². The number of hydrogen-bond donors (Lipinski definition) is 0. The van der Waals surface area contributed by atoms with Crippen LogP contribution < -0.4 is 14.4 Å². The molecule has 2 aromatic carbocycles. The number of aromatic nitrogens is 5. The van der Waals surface area contributed by atoms with Gasteiger partial charge in [0.2, 0.25) is 0 Å². The van der Waals surface area contributed by atoms with Crippen molar-refractivity contribution in [3.8, 4) is 11.5 Å². The molecule has 1 aliphatic carbocycles. The molecule has 9 nitrogen and oxygen atoms in total. The molecule has 2 aliphatic rings. The van der Waals surface area contributed by atoms with Crippen molar-refractivity contribution >= 4 is 26.7 Å². The molecule has 4 aromatic rings. The summed E-state index contributed by atoms with van der Waals surface area (Å²) in [4.78, 5) is 9.79. The number of benzene rings is 2. The summed E-state index contributed by atoms with van der Waals surface area (Å²) in [5, 5.41) is 14.4. The lowest BCUT2D eigenvalue weighted by Gasteiger charge is -2.39. The second kappa shape index (κ2) is 10.6. The number of anilines is 1. The molecule has 0 unspecified atom stereocenters. The van der Waals surface area contributed by atoms with Crippen LogP contribution in [0.1, 0.15) is 55.6 Å². The van der Waals surface area contributed by atoms with Crippen LogP contribution >= 0.6 is 11.3 Å². The molecule has 1 saturated heterocycles. The van der Waals surface area contributed by atoms with Gasteiger partial charge in [-0.15, -0.1) is 5.10 Å². The Balaban J connectivity index is 1.31. The van der Waals surface area contributed by atoms with E-state index in [2.05, 4.69) is 60.3 Å². The molecule has 6 rings (SSSR count). The minimum Gasteiger partial charge on any atom is -0.493 e. The van der Waals surface area contributed by atoms with Crippen LogP contribution in [0.3, 0.4) is 0 Å². The maximum absolute atomic E-state index is 5.66. The van der Waals surface area contributed by atoms with Crippen LogP contribution in [0, 0.1) is 0 Å². The Hall–Kier alpha value is -3.24. The van der Waals surface area contributed by atoms with Crippen molar-refractivity contribution in [2.45, 2.75) is 44.2 Å². The van der Waals surface area contributed by atoms with Crippen molar-refractivity contribution in [1.29, 1.82) is 0 Å². The summed E-state index contributed by atoms with van der Waals surface area (Å²) in [7, 11) is 3.35. The second-order valence-electron chi connectivity index (χ2n) is 9.78. The number of rotatable bonds is 7. The number of fused-ring (bicyclic) bond motifs is 1. The van der Waals surface area contributed by atoms with Crippen LogP contribution in [0.25, 0.3) is 10.2 Å². The van der Waals surface area contributed by atoms with Crippen molar-refractivity contribution in [1.82, 2.24) is 30.1 Å². The van der Waals surface area contributed by atoms with Gasteiger partial charge in [0.25, 0.3) is 0 Å². The molecule has 3 heterocycles. The minimum absolute atomic E-state index is 0.0748. The Morgan fingerprint density at radius 1 is 0.919 bits per heavy atom. The van der Waals surface area contributed by atoms with Gasteiger partial charge < -0.3 is 14.4 Å². The topological polar surface area (TPSA) is 81.4 Å². The Kier molecular flexibility index (Phi) is 6.93. The van der Waals surface area contributed by atoms with Gasteiger partial charge in [-0.05, 0) is 53.1 Å². The fourth-order valence-electron chi connectivity index (χ4n) is 5.68. The molecule has 0 N–H and O–H groups in total. The fraction of sp³-hybridized carbons (Fsp3) is 0.481. The zero-order chi connectivity index (χ0) is 25.2. The average Bonchev–Trinajstić information content (AvgIpc) is 3.62. The first-order valence-electron chi connectivity index (χ1n) is 13.1. The number of thiazole rings is 1. The van der Waals surface area contributed by atoms with Crippen LogP contribution in [0.5, 0.6) is 11.5 Å². The van der Waals surface area contributed by atoms with Crippen LogP contribution in [-0.2, 0) is 0 Å². The van der Waals surface area contributed by atoms with Gasteiger partial charge in [-0.25, -0.2) is 9.67 Å². The molecule has 2 fully saturated rings. The quantitative estimate of drug-likeness (QED) is 0.347. The first-order valence-corrected chi connectivity index (χ1v) is 13.9. The molecule has 194 valence electrons. The predicted octanol–water partition coefficient (Wildman–Crippen LogP) is 4.72. The van der Waals surface area contributed by atoms with E-state index in [1.165, 1.54) is 24.0 Å². The summed E-state index contributed by atoms with van der Waals surface area (Å²) in [6.07, 6.45) is 6.00. The SMILES string of the molecule is COc1ccc([C@H](c2nnnn2C2CCCCC2)N2CCN(c3nc4ccccc4s3)CC2)cc1OC. The molecule has 37 heavy (non-hydrogen) atoms. The third kappa shape index (κ3) is 4.75. The van der Waals surface area contributed by atoms with Crippen molar-refractivity contribution in [2.24, 2.45) is 0 Å². The van der Waals surface area contributed by atoms with E-state index < -0.39 is 0 Å². The van der Waals surface area contributed by atoms with E-state index in [-0.39, 0.29) is 6.04 Å². The van der Waals surface area contributed by atoms with Crippen LogP contribution in [0.4, 0.5) is 5.13 Å². The Morgan fingerprint density at radius 2 is 1.70 bits per heavy atom. The molecule has 0 bridgehead atoms. The van der Waals surface area contributed by atoms with E-state index in [1.54, 1.807) is 25.6 Å². The molecule has 0 radical (unpaired) electrons. The maximum atomic E-state index is 5.66. The van der Waals surface area contributed by atoms with E-state index in [4.69, 9.17) is 14.5 Å². The molecule has 0 amide bonds. The summed E-state index contributed by atoms with van der Waals surface area (Å²) in [5.74, 6) is 2.35. The van der Waals surface area contributed by atoms with Crippen molar-refractivity contribution in [3.05, 3.63) is 53.9 Å². The van der Waals surface area contributed by atoms with Gasteiger partial charge in [0.1, 0.15) is 0 Å². The van der Waals surface area contributed by atoms with Crippen LogP contribution in [-0.4, -0.2) is 70.5 Å². The molecule has 1 saturated carbocycles. The Morgan fingerprint density at radius 3 is 2.46 bits per heavy atom. The minimum atomic E-state index is -0.0748. The highest BCUT2D eigenvalue weighted by atomic mass is 32.1. The number of ether oxygens (including phenoxy) is 2. The third-order valence-electron chi connectivity index (χ3n) is 7.64. The Labute approximate surface area is 221 Å². The van der Waals surface area contributed by atoms with Gasteiger partial charge in [-0.2, -0.15) is 0 Å².